The van der Waals surface area contributed by atoms with E-state index < -0.39 is 16.8 Å². The number of nitro groups is 1. The molecular weight excluding hydrogens is 360 g/mol. The number of carbonyl (C=O) groups excluding carboxylic acids is 2. The van der Waals surface area contributed by atoms with Crippen molar-refractivity contribution < 1.29 is 19.2 Å². The normalized spacial score (nSPS) is 11.0. The fraction of sp³-hybridized carbons (Fsp3) is 0.238. The third kappa shape index (κ3) is 6.35. The van der Waals surface area contributed by atoms with Crippen molar-refractivity contribution in [3.8, 4) is 0 Å². The summed E-state index contributed by atoms with van der Waals surface area (Å²) >= 11 is 0. The van der Waals surface area contributed by atoms with Crippen LogP contribution in [0.1, 0.15) is 42.1 Å². The predicted octanol–water partition coefficient (Wildman–Crippen LogP) is 4.10. The molecule has 0 aliphatic rings. The van der Waals surface area contributed by atoms with Gasteiger partial charge in [-0.15, -0.1) is 0 Å². The van der Waals surface area contributed by atoms with E-state index in [9.17, 15) is 19.7 Å². The zero-order valence-corrected chi connectivity index (χ0v) is 15.6. The van der Waals surface area contributed by atoms with Crippen LogP contribution in [0.25, 0.3) is 6.08 Å². The third-order valence-corrected chi connectivity index (χ3v) is 3.90. The lowest BCUT2D eigenvalue weighted by atomic mass is 10.1. The highest BCUT2D eigenvalue weighted by Gasteiger charge is 2.16. The van der Waals surface area contributed by atoms with Crippen LogP contribution in [-0.2, 0) is 9.53 Å². The number of nitrogens with one attached hydrogen (secondary N) is 1. The number of benzene rings is 2. The molecule has 0 saturated heterocycles. The topological polar surface area (TPSA) is 98.5 Å². The number of esters is 1. The lowest BCUT2D eigenvalue weighted by Gasteiger charge is -2.10. The number of amides is 1. The molecule has 2 rings (SSSR count). The molecule has 1 N–H and O–H groups in total. The van der Waals surface area contributed by atoms with E-state index in [0.29, 0.717) is 11.1 Å². The number of nitrogens with zero attached hydrogens (tertiary/aromatic N) is 1. The fourth-order valence-corrected chi connectivity index (χ4v) is 2.38. The smallest absolute Gasteiger partial charge is 0.354 e. The van der Waals surface area contributed by atoms with Crippen LogP contribution in [0.5, 0.6) is 0 Å². The first kappa shape index (κ1) is 20.8. The van der Waals surface area contributed by atoms with Gasteiger partial charge in [0.05, 0.1) is 11.5 Å². The second-order valence-corrected chi connectivity index (χ2v) is 6.07. The molecule has 2 aromatic carbocycles. The molecule has 0 radical (unpaired) electrons. The summed E-state index contributed by atoms with van der Waals surface area (Å²) in [6.45, 7) is 2.30. The Labute approximate surface area is 163 Å². The maximum absolute atomic E-state index is 12.4. The van der Waals surface area contributed by atoms with Crippen molar-refractivity contribution in [3.63, 3.8) is 0 Å². The highest BCUT2D eigenvalue weighted by molar-refractivity contribution is 6.03. The van der Waals surface area contributed by atoms with Gasteiger partial charge in [-0.05, 0) is 42.3 Å². The van der Waals surface area contributed by atoms with Crippen molar-refractivity contribution in [1.29, 1.82) is 0 Å². The Morgan fingerprint density at radius 2 is 1.75 bits per heavy atom. The van der Waals surface area contributed by atoms with E-state index in [-0.39, 0.29) is 18.0 Å². The number of non-ortho nitro benzene ring substituents is 1. The number of rotatable bonds is 9. The fourth-order valence-electron chi connectivity index (χ4n) is 2.38. The van der Waals surface area contributed by atoms with Crippen molar-refractivity contribution in [2.75, 3.05) is 6.61 Å². The van der Waals surface area contributed by atoms with Crippen LogP contribution < -0.4 is 5.32 Å². The lowest BCUT2D eigenvalue weighted by molar-refractivity contribution is -0.384. The molecule has 0 unspecified atom stereocenters. The van der Waals surface area contributed by atoms with Crippen molar-refractivity contribution in [1.82, 2.24) is 5.32 Å². The van der Waals surface area contributed by atoms with Crippen molar-refractivity contribution in [2.45, 2.75) is 26.2 Å². The minimum absolute atomic E-state index is 0.0285. The second kappa shape index (κ2) is 10.6. The van der Waals surface area contributed by atoms with Gasteiger partial charge < -0.3 is 10.1 Å². The van der Waals surface area contributed by atoms with Gasteiger partial charge in [0.15, 0.2) is 0 Å². The Bertz CT molecular complexity index is 845. The summed E-state index contributed by atoms with van der Waals surface area (Å²) in [5, 5.41) is 13.3. The molecule has 28 heavy (non-hydrogen) atoms. The molecule has 2 aromatic rings. The molecule has 0 spiro atoms. The Balaban J connectivity index is 2.20. The first-order chi connectivity index (χ1) is 13.5. The van der Waals surface area contributed by atoms with Crippen LogP contribution in [0.2, 0.25) is 0 Å². The molecule has 0 bridgehead atoms. The van der Waals surface area contributed by atoms with Gasteiger partial charge in [-0.2, -0.15) is 0 Å². The molecule has 0 aromatic heterocycles. The predicted molar refractivity (Wildman–Crippen MR) is 105 cm³/mol. The van der Waals surface area contributed by atoms with Crippen LogP contribution in [0, 0.1) is 10.1 Å². The van der Waals surface area contributed by atoms with Gasteiger partial charge in [0.2, 0.25) is 0 Å². The van der Waals surface area contributed by atoms with E-state index in [0.717, 1.165) is 19.3 Å². The summed E-state index contributed by atoms with van der Waals surface area (Å²) in [5.41, 5.74) is 0.837. The lowest BCUT2D eigenvalue weighted by Crippen LogP contribution is -2.28. The summed E-state index contributed by atoms with van der Waals surface area (Å²) in [5.74, 6) is -1.10. The zero-order chi connectivity index (χ0) is 20.4. The number of hydrogen-bond acceptors (Lipinski definition) is 5. The maximum Gasteiger partial charge on any atom is 0.354 e. The van der Waals surface area contributed by atoms with Gasteiger partial charge in [0.1, 0.15) is 5.70 Å². The van der Waals surface area contributed by atoms with Crippen molar-refractivity contribution in [3.05, 3.63) is 81.5 Å². The first-order valence-electron chi connectivity index (χ1n) is 9.01. The number of unbranched alkanes of at least 4 members (excludes halogenated alkanes) is 2. The summed E-state index contributed by atoms with van der Waals surface area (Å²) in [7, 11) is 0. The van der Waals surface area contributed by atoms with E-state index in [1.165, 1.54) is 30.3 Å². The second-order valence-electron chi connectivity index (χ2n) is 6.07. The molecule has 1 amide bonds. The maximum atomic E-state index is 12.4. The Kier molecular flexibility index (Phi) is 7.90. The van der Waals surface area contributed by atoms with E-state index in [1.54, 1.807) is 30.3 Å². The summed E-state index contributed by atoms with van der Waals surface area (Å²) in [6.07, 6.45) is 4.10. The number of nitro benzene ring substituents is 1. The summed E-state index contributed by atoms with van der Waals surface area (Å²) in [6, 6.07) is 14.1. The zero-order valence-electron chi connectivity index (χ0n) is 15.6. The Morgan fingerprint density at radius 3 is 2.36 bits per heavy atom. The van der Waals surface area contributed by atoms with Gasteiger partial charge in [0.25, 0.3) is 11.6 Å². The number of ether oxygens (including phenoxy) is 1. The van der Waals surface area contributed by atoms with Crippen LogP contribution in [-0.4, -0.2) is 23.4 Å². The summed E-state index contributed by atoms with van der Waals surface area (Å²) < 4.78 is 5.25. The monoisotopic (exact) mass is 382 g/mol. The Morgan fingerprint density at radius 1 is 1.07 bits per heavy atom. The van der Waals surface area contributed by atoms with E-state index >= 15 is 0 Å². The molecule has 0 aliphatic carbocycles. The van der Waals surface area contributed by atoms with Crippen molar-refractivity contribution in [2.24, 2.45) is 0 Å². The SMILES string of the molecule is CCCCCOC(=O)C(=Cc1ccc([N+](=O)[O-])cc1)NC(=O)c1ccccc1. The van der Waals surface area contributed by atoms with Gasteiger partial charge >= 0.3 is 5.97 Å². The van der Waals surface area contributed by atoms with Gasteiger partial charge in [-0.1, -0.05) is 38.0 Å². The number of carbonyl (C=O) groups is 2. The molecule has 7 heteroatoms. The van der Waals surface area contributed by atoms with Crippen LogP contribution in [0.15, 0.2) is 60.3 Å². The quantitative estimate of drug-likeness (QED) is 0.231. The molecule has 0 fully saturated rings. The summed E-state index contributed by atoms with van der Waals surface area (Å²) in [4.78, 5) is 35.1. The molecular formula is C21H22N2O5. The van der Waals surface area contributed by atoms with Gasteiger partial charge in [-0.3, -0.25) is 14.9 Å². The van der Waals surface area contributed by atoms with E-state index in [1.807, 2.05) is 6.92 Å². The minimum atomic E-state index is -0.654. The highest BCUT2D eigenvalue weighted by atomic mass is 16.6. The molecule has 0 aliphatic heterocycles. The molecule has 0 atom stereocenters. The van der Waals surface area contributed by atoms with Crippen LogP contribution in [0.3, 0.4) is 0 Å². The molecule has 0 heterocycles. The molecule has 7 nitrogen and oxygen atoms in total. The third-order valence-electron chi connectivity index (χ3n) is 3.90. The van der Waals surface area contributed by atoms with Crippen molar-refractivity contribution >= 4 is 23.6 Å². The minimum Gasteiger partial charge on any atom is -0.461 e. The van der Waals surface area contributed by atoms with Gasteiger partial charge in [0, 0.05) is 17.7 Å². The van der Waals surface area contributed by atoms with Crippen LogP contribution >= 0.6 is 0 Å². The largest absolute Gasteiger partial charge is 0.461 e. The molecule has 146 valence electrons. The van der Waals surface area contributed by atoms with Gasteiger partial charge in [-0.25, -0.2) is 4.79 Å². The standard InChI is InChI=1S/C21H22N2O5/c1-2-3-7-14-28-21(25)19(22-20(24)17-8-5-4-6-9-17)15-16-10-12-18(13-11-16)23(26)27/h4-6,8-13,15H,2-3,7,14H2,1H3,(H,22,24). The van der Waals surface area contributed by atoms with E-state index in [4.69, 9.17) is 4.74 Å². The van der Waals surface area contributed by atoms with E-state index in [2.05, 4.69) is 5.32 Å². The highest BCUT2D eigenvalue weighted by Crippen LogP contribution is 2.15. The Hall–Kier alpha value is -3.48. The average Bonchev–Trinajstić information content (AvgIpc) is 2.71. The molecule has 0 saturated carbocycles. The number of hydrogen-bond donors (Lipinski definition) is 1. The average molecular weight is 382 g/mol. The first-order valence-corrected chi connectivity index (χ1v) is 9.01. The van der Waals surface area contributed by atoms with Crippen LogP contribution in [0.4, 0.5) is 5.69 Å².